The number of hydrogen-bond donors (Lipinski definition) is 1. The van der Waals surface area contributed by atoms with Crippen LogP contribution in [0.25, 0.3) is 0 Å². The summed E-state index contributed by atoms with van der Waals surface area (Å²) in [5.74, 6) is -0.998. The van der Waals surface area contributed by atoms with Crippen LogP contribution in [-0.2, 0) is 16.1 Å². The number of carbonyl (C=O) groups is 3. The van der Waals surface area contributed by atoms with Gasteiger partial charge in [0.15, 0.2) is 0 Å². The minimum atomic E-state index is -0.460. The third-order valence-electron chi connectivity index (χ3n) is 4.54. The quantitative estimate of drug-likeness (QED) is 0.799. The molecule has 1 aromatic carbocycles. The molecule has 1 unspecified atom stereocenters. The molecule has 1 saturated heterocycles. The summed E-state index contributed by atoms with van der Waals surface area (Å²) in [4.78, 5) is 39.6. The molecule has 25 heavy (non-hydrogen) atoms. The Morgan fingerprint density at radius 3 is 2.28 bits per heavy atom. The summed E-state index contributed by atoms with van der Waals surface area (Å²) in [6.07, 6.45) is 0.877. The second-order valence-corrected chi connectivity index (χ2v) is 6.80. The molecule has 0 aliphatic carbocycles. The van der Waals surface area contributed by atoms with Gasteiger partial charge in [-0.2, -0.15) is 0 Å². The molecule has 6 heteroatoms. The molecule has 1 N–H and O–H groups in total. The van der Waals surface area contributed by atoms with E-state index in [4.69, 9.17) is 0 Å². The standard InChI is InChI=1S/C19H27N3O3/c1-5-14(4)20-17(23)16-8-6-15(7-9-16)12-21-10-11-22(13(2)3)19(25)18(21)24/h6-9,13-14H,5,10-12H2,1-4H3,(H,20,23). The molecule has 6 nitrogen and oxygen atoms in total. The Hall–Kier alpha value is -2.37. The van der Waals surface area contributed by atoms with E-state index in [1.165, 1.54) is 0 Å². The summed E-state index contributed by atoms with van der Waals surface area (Å²) < 4.78 is 0. The summed E-state index contributed by atoms with van der Waals surface area (Å²) in [6, 6.07) is 7.33. The van der Waals surface area contributed by atoms with E-state index >= 15 is 0 Å². The fourth-order valence-electron chi connectivity index (χ4n) is 2.72. The molecule has 1 aliphatic rings. The van der Waals surface area contributed by atoms with Crippen LogP contribution in [0.1, 0.15) is 50.0 Å². The molecule has 1 fully saturated rings. The molecule has 2 rings (SSSR count). The molecule has 1 aromatic rings. The zero-order valence-corrected chi connectivity index (χ0v) is 15.4. The van der Waals surface area contributed by atoms with Gasteiger partial charge in [0.2, 0.25) is 0 Å². The molecular formula is C19H27N3O3. The van der Waals surface area contributed by atoms with Crippen molar-refractivity contribution in [2.45, 2.75) is 52.7 Å². The summed E-state index contributed by atoms with van der Waals surface area (Å²) >= 11 is 0. The Morgan fingerprint density at radius 2 is 1.72 bits per heavy atom. The second kappa shape index (κ2) is 8.14. The Bertz CT molecular complexity index is 640. The molecule has 0 spiro atoms. The monoisotopic (exact) mass is 345 g/mol. The lowest BCUT2D eigenvalue weighted by Gasteiger charge is -2.36. The molecule has 1 aliphatic heterocycles. The number of nitrogens with zero attached hydrogens (tertiary/aromatic N) is 2. The fourth-order valence-corrected chi connectivity index (χ4v) is 2.72. The highest BCUT2D eigenvalue weighted by Crippen LogP contribution is 2.14. The van der Waals surface area contributed by atoms with Crippen LogP contribution in [0.5, 0.6) is 0 Å². The molecule has 0 radical (unpaired) electrons. The SMILES string of the molecule is CCC(C)NC(=O)c1ccc(CN2CCN(C(C)C)C(=O)C2=O)cc1. The van der Waals surface area contributed by atoms with Gasteiger partial charge in [-0.05, 0) is 44.9 Å². The predicted molar refractivity (Wildman–Crippen MR) is 95.9 cm³/mol. The van der Waals surface area contributed by atoms with E-state index in [1.54, 1.807) is 21.9 Å². The van der Waals surface area contributed by atoms with E-state index in [2.05, 4.69) is 5.32 Å². The number of nitrogens with one attached hydrogen (secondary N) is 1. The van der Waals surface area contributed by atoms with Gasteiger partial charge in [0, 0.05) is 37.3 Å². The minimum Gasteiger partial charge on any atom is -0.350 e. The van der Waals surface area contributed by atoms with Crippen LogP contribution >= 0.6 is 0 Å². The first-order chi connectivity index (χ1) is 11.8. The van der Waals surface area contributed by atoms with Gasteiger partial charge in [-0.1, -0.05) is 19.1 Å². The van der Waals surface area contributed by atoms with E-state index in [9.17, 15) is 14.4 Å². The smallest absolute Gasteiger partial charge is 0.312 e. The van der Waals surface area contributed by atoms with Gasteiger partial charge in [0.05, 0.1) is 0 Å². The normalized spacial score (nSPS) is 16.4. The molecule has 0 aromatic heterocycles. The van der Waals surface area contributed by atoms with E-state index < -0.39 is 11.8 Å². The van der Waals surface area contributed by atoms with Gasteiger partial charge in [0.25, 0.3) is 5.91 Å². The van der Waals surface area contributed by atoms with Crippen molar-refractivity contribution in [3.8, 4) is 0 Å². The molecule has 1 atom stereocenters. The maximum absolute atomic E-state index is 12.2. The van der Waals surface area contributed by atoms with Crippen LogP contribution < -0.4 is 5.32 Å². The van der Waals surface area contributed by atoms with Gasteiger partial charge in [-0.25, -0.2) is 0 Å². The largest absolute Gasteiger partial charge is 0.350 e. The van der Waals surface area contributed by atoms with Gasteiger partial charge in [-0.3, -0.25) is 14.4 Å². The number of carbonyl (C=O) groups excluding carboxylic acids is 3. The van der Waals surface area contributed by atoms with Gasteiger partial charge in [-0.15, -0.1) is 0 Å². The Morgan fingerprint density at radius 1 is 1.08 bits per heavy atom. The van der Waals surface area contributed by atoms with Crippen LogP contribution in [0.3, 0.4) is 0 Å². The highest BCUT2D eigenvalue weighted by Gasteiger charge is 2.33. The Labute approximate surface area is 149 Å². The Balaban J connectivity index is 1.99. The molecule has 0 bridgehead atoms. The molecule has 0 saturated carbocycles. The van der Waals surface area contributed by atoms with Crippen molar-refractivity contribution in [1.29, 1.82) is 0 Å². The molecular weight excluding hydrogens is 318 g/mol. The Kier molecular flexibility index (Phi) is 6.17. The topological polar surface area (TPSA) is 69.7 Å². The highest BCUT2D eigenvalue weighted by atomic mass is 16.2. The van der Waals surface area contributed by atoms with Crippen molar-refractivity contribution in [2.75, 3.05) is 13.1 Å². The van der Waals surface area contributed by atoms with E-state index in [-0.39, 0.29) is 18.0 Å². The summed E-state index contributed by atoms with van der Waals surface area (Å²) in [7, 11) is 0. The maximum atomic E-state index is 12.2. The number of piperazine rings is 1. The zero-order chi connectivity index (χ0) is 18.6. The van der Waals surface area contributed by atoms with E-state index in [0.717, 1.165) is 12.0 Å². The van der Waals surface area contributed by atoms with Crippen LogP contribution in [0.4, 0.5) is 0 Å². The predicted octanol–water partition coefficient (Wildman–Crippen LogP) is 1.79. The second-order valence-electron chi connectivity index (χ2n) is 6.80. The van der Waals surface area contributed by atoms with Crippen LogP contribution in [0, 0.1) is 0 Å². The number of hydrogen-bond acceptors (Lipinski definition) is 3. The van der Waals surface area contributed by atoms with Crippen molar-refractivity contribution in [3.63, 3.8) is 0 Å². The number of rotatable bonds is 6. The maximum Gasteiger partial charge on any atom is 0.312 e. The molecule has 3 amide bonds. The van der Waals surface area contributed by atoms with Crippen molar-refractivity contribution in [3.05, 3.63) is 35.4 Å². The molecule has 1 heterocycles. The highest BCUT2D eigenvalue weighted by molar-refractivity contribution is 6.35. The number of amides is 3. The first-order valence-corrected chi connectivity index (χ1v) is 8.83. The minimum absolute atomic E-state index is 0.0295. The van der Waals surface area contributed by atoms with Crippen LogP contribution in [0.2, 0.25) is 0 Å². The van der Waals surface area contributed by atoms with Crippen molar-refractivity contribution in [2.24, 2.45) is 0 Å². The van der Waals surface area contributed by atoms with Gasteiger partial charge in [0.1, 0.15) is 0 Å². The third kappa shape index (κ3) is 4.59. The first kappa shape index (κ1) is 19.0. The summed E-state index contributed by atoms with van der Waals surface area (Å²) in [5, 5.41) is 2.92. The van der Waals surface area contributed by atoms with Crippen molar-refractivity contribution in [1.82, 2.24) is 15.1 Å². The third-order valence-corrected chi connectivity index (χ3v) is 4.54. The zero-order valence-electron chi connectivity index (χ0n) is 15.4. The number of benzene rings is 1. The summed E-state index contributed by atoms with van der Waals surface area (Å²) in [5.41, 5.74) is 1.50. The fraction of sp³-hybridized carbons (Fsp3) is 0.526. The van der Waals surface area contributed by atoms with E-state index in [0.29, 0.717) is 25.2 Å². The average Bonchev–Trinajstić information content (AvgIpc) is 2.59. The van der Waals surface area contributed by atoms with Crippen LogP contribution in [-0.4, -0.2) is 52.7 Å². The molecule has 136 valence electrons. The average molecular weight is 345 g/mol. The lowest BCUT2D eigenvalue weighted by Crippen LogP contribution is -2.55. The summed E-state index contributed by atoms with van der Waals surface area (Å²) in [6.45, 7) is 9.26. The lowest BCUT2D eigenvalue weighted by atomic mass is 10.1. The van der Waals surface area contributed by atoms with Gasteiger partial charge < -0.3 is 15.1 Å². The first-order valence-electron chi connectivity index (χ1n) is 8.83. The lowest BCUT2D eigenvalue weighted by molar-refractivity contribution is -0.157. The van der Waals surface area contributed by atoms with Gasteiger partial charge >= 0.3 is 11.8 Å². The van der Waals surface area contributed by atoms with Crippen LogP contribution in [0.15, 0.2) is 24.3 Å². The van der Waals surface area contributed by atoms with E-state index in [1.807, 2.05) is 39.8 Å². The van der Waals surface area contributed by atoms with Crippen molar-refractivity contribution >= 4 is 17.7 Å². The van der Waals surface area contributed by atoms with Crippen molar-refractivity contribution < 1.29 is 14.4 Å².